The number of ether oxygens (including phenoxy) is 1. The third kappa shape index (κ3) is 4.00. The van der Waals surface area contributed by atoms with Gasteiger partial charge in [0, 0.05) is 11.8 Å². The van der Waals surface area contributed by atoms with Gasteiger partial charge in [-0.25, -0.2) is 4.79 Å². The predicted octanol–water partition coefficient (Wildman–Crippen LogP) is 2.77. The highest BCUT2D eigenvalue weighted by Gasteiger charge is 2.24. The van der Waals surface area contributed by atoms with Gasteiger partial charge in [-0.1, -0.05) is 42.5 Å². The van der Waals surface area contributed by atoms with Gasteiger partial charge in [0.1, 0.15) is 17.5 Å². The van der Waals surface area contributed by atoms with Gasteiger partial charge in [0.15, 0.2) is 0 Å². The lowest BCUT2D eigenvalue weighted by molar-refractivity contribution is -0.142. The molecule has 3 aromatic rings. The molecule has 0 saturated heterocycles. The average molecular weight is 365 g/mol. The van der Waals surface area contributed by atoms with Gasteiger partial charge in [0.05, 0.1) is 12.7 Å². The van der Waals surface area contributed by atoms with E-state index in [9.17, 15) is 19.8 Å². The highest BCUT2D eigenvalue weighted by atomic mass is 16.5. The first-order valence-corrected chi connectivity index (χ1v) is 8.37. The van der Waals surface area contributed by atoms with Crippen molar-refractivity contribution >= 4 is 22.6 Å². The summed E-state index contributed by atoms with van der Waals surface area (Å²) in [5.74, 6) is -1.47. The van der Waals surface area contributed by atoms with Crippen LogP contribution in [0.25, 0.3) is 10.8 Å². The van der Waals surface area contributed by atoms with E-state index in [-0.39, 0.29) is 23.5 Å². The van der Waals surface area contributed by atoms with Crippen molar-refractivity contribution < 1.29 is 24.5 Å². The van der Waals surface area contributed by atoms with E-state index in [0.29, 0.717) is 10.8 Å². The minimum absolute atomic E-state index is 0.00581. The molecule has 0 aromatic heterocycles. The maximum absolute atomic E-state index is 12.7. The Kier molecular flexibility index (Phi) is 5.26. The van der Waals surface area contributed by atoms with Crippen molar-refractivity contribution in [2.45, 2.75) is 12.5 Å². The number of aromatic hydroxyl groups is 2. The summed E-state index contributed by atoms with van der Waals surface area (Å²) in [7, 11) is 1.25. The van der Waals surface area contributed by atoms with Gasteiger partial charge in [-0.2, -0.15) is 0 Å². The van der Waals surface area contributed by atoms with Crippen LogP contribution < -0.4 is 5.32 Å². The highest BCUT2D eigenvalue weighted by molar-refractivity contribution is 6.03. The Labute approximate surface area is 156 Å². The summed E-state index contributed by atoms with van der Waals surface area (Å²) >= 11 is 0. The number of hydrogen-bond donors (Lipinski definition) is 3. The van der Waals surface area contributed by atoms with Gasteiger partial charge in [-0.15, -0.1) is 0 Å². The Morgan fingerprint density at radius 2 is 1.74 bits per heavy atom. The molecule has 1 amide bonds. The Hall–Kier alpha value is -3.54. The lowest BCUT2D eigenvalue weighted by Crippen LogP contribution is -2.43. The molecule has 0 unspecified atom stereocenters. The zero-order chi connectivity index (χ0) is 19.4. The number of amides is 1. The van der Waals surface area contributed by atoms with E-state index in [0.717, 1.165) is 5.56 Å². The summed E-state index contributed by atoms with van der Waals surface area (Å²) in [5.41, 5.74) is 0.871. The number of rotatable bonds is 5. The molecule has 1 atom stereocenters. The normalized spacial score (nSPS) is 11.7. The number of carbonyl (C=O) groups excluding carboxylic acids is 2. The first-order valence-electron chi connectivity index (χ1n) is 8.37. The molecule has 0 radical (unpaired) electrons. The molecule has 138 valence electrons. The van der Waals surface area contributed by atoms with E-state index < -0.39 is 17.9 Å². The van der Waals surface area contributed by atoms with E-state index in [1.165, 1.54) is 25.3 Å². The number of phenolic OH excluding ortho intramolecular Hbond substituents is 2. The van der Waals surface area contributed by atoms with Gasteiger partial charge in [0.25, 0.3) is 5.91 Å². The minimum Gasteiger partial charge on any atom is -0.507 e. The average Bonchev–Trinajstić information content (AvgIpc) is 2.68. The highest BCUT2D eigenvalue weighted by Crippen LogP contribution is 2.30. The summed E-state index contributed by atoms with van der Waals surface area (Å²) < 4.78 is 4.79. The summed E-state index contributed by atoms with van der Waals surface area (Å²) in [4.78, 5) is 24.8. The maximum atomic E-state index is 12.7. The van der Waals surface area contributed by atoms with Crippen LogP contribution in [0.2, 0.25) is 0 Å². The molecule has 6 nitrogen and oxygen atoms in total. The fraction of sp³-hybridized carbons (Fsp3) is 0.143. The molecule has 0 aliphatic carbocycles. The number of hydrogen-bond acceptors (Lipinski definition) is 5. The number of nitrogens with one attached hydrogen (secondary N) is 1. The zero-order valence-electron chi connectivity index (χ0n) is 14.7. The summed E-state index contributed by atoms with van der Waals surface area (Å²) in [5, 5.41) is 23.7. The maximum Gasteiger partial charge on any atom is 0.328 e. The molecule has 6 heteroatoms. The van der Waals surface area contributed by atoms with E-state index >= 15 is 0 Å². The van der Waals surface area contributed by atoms with E-state index in [1.54, 1.807) is 12.1 Å². The van der Waals surface area contributed by atoms with Crippen molar-refractivity contribution in [2.75, 3.05) is 7.11 Å². The Morgan fingerprint density at radius 1 is 1.00 bits per heavy atom. The molecule has 0 spiro atoms. The van der Waals surface area contributed by atoms with Crippen LogP contribution >= 0.6 is 0 Å². The first kappa shape index (κ1) is 18.3. The third-order valence-corrected chi connectivity index (χ3v) is 4.29. The van der Waals surface area contributed by atoms with Crippen LogP contribution in [0.4, 0.5) is 0 Å². The molecule has 0 bridgehead atoms. The van der Waals surface area contributed by atoms with Crippen LogP contribution in [0.1, 0.15) is 15.9 Å². The van der Waals surface area contributed by atoms with Crippen LogP contribution in [0.3, 0.4) is 0 Å². The Morgan fingerprint density at radius 3 is 2.44 bits per heavy atom. The zero-order valence-corrected chi connectivity index (χ0v) is 14.7. The van der Waals surface area contributed by atoms with Crippen molar-refractivity contribution in [3.8, 4) is 11.5 Å². The molecular weight excluding hydrogens is 346 g/mol. The fourth-order valence-corrected chi connectivity index (χ4v) is 2.90. The standard InChI is InChI=1S/C21H19NO5/c1-27-21(26)17(10-13-6-3-2-4-7-13)22-20(25)16-11-14-8-5-9-18(23)15(14)12-19(16)24/h2-9,11-12,17,23-24H,10H2,1H3,(H,22,25)/t17-/m0/s1. The summed E-state index contributed by atoms with van der Waals surface area (Å²) in [6, 6.07) is 16.0. The van der Waals surface area contributed by atoms with Gasteiger partial charge in [-0.05, 0) is 29.1 Å². The second-order valence-electron chi connectivity index (χ2n) is 6.11. The number of carbonyl (C=O) groups is 2. The van der Waals surface area contributed by atoms with Crippen LogP contribution in [0.5, 0.6) is 11.5 Å². The summed E-state index contributed by atoms with van der Waals surface area (Å²) in [6.07, 6.45) is 0.258. The molecule has 0 saturated carbocycles. The lowest BCUT2D eigenvalue weighted by atomic mass is 10.0. The molecular formula is C21H19NO5. The number of benzene rings is 3. The SMILES string of the molecule is COC(=O)[C@H](Cc1ccccc1)NC(=O)c1cc2cccc(O)c2cc1O. The number of esters is 1. The topological polar surface area (TPSA) is 95.9 Å². The smallest absolute Gasteiger partial charge is 0.328 e. The summed E-state index contributed by atoms with van der Waals surface area (Å²) in [6.45, 7) is 0. The second kappa shape index (κ2) is 7.78. The minimum atomic E-state index is -0.899. The lowest BCUT2D eigenvalue weighted by Gasteiger charge is -2.17. The first-order chi connectivity index (χ1) is 13.0. The Bertz CT molecular complexity index is 985. The van der Waals surface area contributed by atoms with Gasteiger partial charge < -0.3 is 20.3 Å². The Balaban J connectivity index is 1.88. The van der Waals surface area contributed by atoms with Crippen molar-refractivity contribution in [1.82, 2.24) is 5.32 Å². The molecule has 0 fully saturated rings. The van der Waals surface area contributed by atoms with E-state index in [1.807, 2.05) is 30.3 Å². The van der Waals surface area contributed by atoms with Gasteiger partial charge in [-0.3, -0.25) is 4.79 Å². The molecule has 3 N–H and O–H groups in total. The van der Waals surface area contributed by atoms with Crippen LogP contribution in [0.15, 0.2) is 60.7 Å². The number of fused-ring (bicyclic) bond motifs is 1. The van der Waals surface area contributed by atoms with Crippen LogP contribution in [-0.2, 0) is 16.0 Å². The van der Waals surface area contributed by atoms with Gasteiger partial charge in [0.2, 0.25) is 0 Å². The number of phenols is 2. The van der Waals surface area contributed by atoms with Crippen molar-refractivity contribution in [3.05, 3.63) is 71.8 Å². The quantitative estimate of drug-likeness (QED) is 0.604. The van der Waals surface area contributed by atoms with Crippen LogP contribution in [0, 0.1) is 0 Å². The van der Waals surface area contributed by atoms with Crippen LogP contribution in [-0.4, -0.2) is 35.2 Å². The predicted molar refractivity (Wildman–Crippen MR) is 101 cm³/mol. The number of methoxy groups -OCH3 is 1. The molecule has 3 aromatic carbocycles. The fourth-order valence-electron chi connectivity index (χ4n) is 2.90. The largest absolute Gasteiger partial charge is 0.507 e. The molecule has 3 rings (SSSR count). The molecule has 27 heavy (non-hydrogen) atoms. The molecule has 0 aliphatic heterocycles. The van der Waals surface area contributed by atoms with E-state index in [4.69, 9.17) is 4.74 Å². The van der Waals surface area contributed by atoms with E-state index in [2.05, 4.69) is 5.32 Å². The molecule has 0 aliphatic rings. The molecule has 0 heterocycles. The van der Waals surface area contributed by atoms with Crippen molar-refractivity contribution in [3.63, 3.8) is 0 Å². The third-order valence-electron chi connectivity index (χ3n) is 4.29. The van der Waals surface area contributed by atoms with Crippen molar-refractivity contribution in [2.24, 2.45) is 0 Å². The van der Waals surface area contributed by atoms with Gasteiger partial charge >= 0.3 is 5.97 Å². The second-order valence-corrected chi connectivity index (χ2v) is 6.11. The monoisotopic (exact) mass is 365 g/mol. The van der Waals surface area contributed by atoms with Crippen molar-refractivity contribution in [1.29, 1.82) is 0 Å².